The third kappa shape index (κ3) is 8.06. The van der Waals surface area contributed by atoms with Crippen molar-refractivity contribution >= 4 is 75.2 Å². The summed E-state index contributed by atoms with van der Waals surface area (Å²) in [5.41, 5.74) is 6.80. The monoisotopic (exact) mass is 835 g/mol. The van der Waals surface area contributed by atoms with E-state index in [4.69, 9.17) is 15.3 Å². The lowest BCUT2D eigenvalue weighted by Crippen LogP contribution is -2.71. The number of carbonyl (C=O) groups is 4. The number of fused-ring (bicyclic) bond motifs is 2. The number of phenolic OH excluding ortho intramolecular Hbond substituents is 4. The average molecular weight is 836 g/mol. The highest BCUT2D eigenvalue weighted by molar-refractivity contribution is 8.01. The lowest BCUT2D eigenvalue weighted by atomic mass is 10.0. The second kappa shape index (κ2) is 15.9. The first-order valence-corrected chi connectivity index (χ1v) is 19.4. The van der Waals surface area contributed by atoms with Crippen molar-refractivity contribution in [3.63, 3.8) is 0 Å². The van der Waals surface area contributed by atoms with Crippen molar-refractivity contribution < 1.29 is 54.3 Å². The number of aromatic nitrogens is 5. The molecule has 57 heavy (non-hydrogen) atoms. The minimum absolute atomic E-state index is 0.000438. The first-order chi connectivity index (χ1) is 27.3. The van der Waals surface area contributed by atoms with Crippen LogP contribution in [0.4, 0.5) is 5.13 Å². The number of hydrogen-bond donors (Lipinski definition) is 7. The van der Waals surface area contributed by atoms with Crippen LogP contribution in [0.3, 0.4) is 0 Å². The summed E-state index contributed by atoms with van der Waals surface area (Å²) in [6.45, 7) is 1.20. The molecule has 23 heteroatoms. The number of rotatable bonds is 13. The fourth-order valence-electron chi connectivity index (χ4n) is 5.62. The summed E-state index contributed by atoms with van der Waals surface area (Å²) in [6.07, 6.45) is 0. The lowest BCUT2D eigenvalue weighted by Gasteiger charge is -2.49. The van der Waals surface area contributed by atoms with Gasteiger partial charge in [0.25, 0.3) is 17.6 Å². The number of hydrogen-bond acceptors (Lipinski definition) is 19. The molecule has 0 unspecified atom stereocenters. The van der Waals surface area contributed by atoms with Gasteiger partial charge in [0.15, 0.2) is 46.3 Å². The van der Waals surface area contributed by atoms with Crippen LogP contribution in [0.5, 0.6) is 23.0 Å². The second-order valence-corrected chi connectivity index (χ2v) is 15.3. The largest absolute Gasteiger partial charge is 0.504 e. The van der Waals surface area contributed by atoms with Gasteiger partial charge < -0.3 is 46.2 Å². The number of nitrogens with zero attached hydrogens (tertiary/aromatic N) is 7. The van der Waals surface area contributed by atoms with E-state index < -0.39 is 46.7 Å². The Balaban J connectivity index is 1.03. The smallest absolute Gasteiger partial charge is 0.352 e. The van der Waals surface area contributed by atoms with Gasteiger partial charge in [-0.2, -0.15) is 9.50 Å². The third-order valence-corrected chi connectivity index (χ3v) is 11.4. The maximum atomic E-state index is 13.5. The van der Waals surface area contributed by atoms with Gasteiger partial charge in [0.05, 0.1) is 5.56 Å². The van der Waals surface area contributed by atoms with Gasteiger partial charge in [0.1, 0.15) is 34.4 Å². The van der Waals surface area contributed by atoms with Crippen molar-refractivity contribution in [2.24, 2.45) is 5.16 Å². The van der Waals surface area contributed by atoms with Gasteiger partial charge in [-0.3, -0.25) is 14.5 Å². The molecule has 294 valence electrons. The van der Waals surface area contributed by atoms with E-state index in [1.165, 1.54) is 57.7 Å². The van der Waals surface area contributed by atoms with Crippen LogP contribution in [-0.4, -0.2) is 107 Å². The molecule has 8 N–H and O–H groups in total. The number of carbonyl (C=O) groups excluding carboxylic acids is 3. The fraction of sp³-hybridized carbons (Fsp3) is 0.206. The van der Waals surface area contributed by atoms with Crippen molar-refractivity contribution in [2.45, 2.75) is 36.6 Å². The topological polar surface area (TPSA) is 298 Å². The van der Waals surface area contributed by atoms with E-state index in [1.54, 1.807) is 13.0 Å². The molecule has 2 amide bonds. The minimum atomic E-state index is -1.33. The number of carboxylic acids is 1. The quantitative estimate of drug-likeness (QED) is 0.0170. The van der Waals surface area contributed by atoms with Gasteiger partial charge >= 0.3 is 11.9 Å². The van der Waals surface area contributed by atoms with Crippen LogP contribution >= 0.6 is 34.9 Å². The summed E-state index contributed by atoms with van der Waals surface area (Å²) in [7, 11) is 0. The Morgan fingerprint density at radius 3 is 2.47 bits per heavy atom. The molecule has 2 aromatic carbocycles. The van der Waals surface area contributed by atoms with Crippen LogP contribution in [0, 0.1) is 6.92 Å². The molecule has 1 saturated heterocycles. The van der Waals surface area contributed by atoms with Gasteiger partial charge in [-0.1, -0.05) is 11.2 Å². The summed E-state index contributed by atoms with van der Waals surface area (Å²) in [6, 6.07) is 8.10. The molecule has 1 fully saturated rings. The maximum absolute atomic E-state index is 13.5. The van der Waals surface area contributed by atoms with E-state index in [-0.39, 0.29) is 75.6 Å². The normalized spacial score (nSPS) is 16.6. The molecule has 0 radical (unpaired) electrons. The van der Waals surface area contributed by atoms with E-state index in [0.717, 1.165) is 28.4 Å². The minimum Gasteiger partial charge on any atom is -0.504 e. The summed E-state index contributed by atoms with van der Waals surface area (Å²) < 4.78 is 6.69. The SMILES string of the molecule is Cc1cc(SCC2=C(C(=O)O)N3C(=O)[C@@H](NC(=O)/C(=N\OCc4ccc(O)c(O)c4)c4csc(N)n4)[C@H]3SC2)n2nc(COC(=O)c3ccc(O)c(O)c3)nc2n1. The molecule has 2 atom stereocenters. The molecule has 0 bridgehead atoms. The van der Waals surface area contributed by atoms with Crippen LogP contribution in [0.15, 0.2) is 69.3 Å². The Kier molecular flexibility index (Phi) is 10.8. The average Bonchev–Trinajstić information content (AvgIpc) is 3.80. The summed E-state index contributed by atoms with van der Waals surface area (Å²) in [5.74, 6) is -4.52. The number of oxime groups is 1. The van der Waals surface area contributed by atoms with Gasteiger partial charge in [0, 0.05) is 22.6 Å². The summed E-state index contributed by atoms with van der Waals surface area (Å²) in [4.78, 5) is 71.4. The Bertz CT molecular complexity index is 2520. The zero-order chi connectivity index (χ0) is 40.5. The number of aryl methyl sites for hydroxylation is 1. The number of carboxylic acid groups (broad SMARTS) is 1. The Morgan fingerprint density at radius 2 is 1.77 bits per heavy atom. The molecule has 2 aliphatic heterocycles. The summed E-state index contributed by atoms with van der Waals surface area (Å²) in [5, 5.41) is 61.1. The molecule has 2 aliphatic rings. The number of nitrogen functional groups attached to an aromatic ring is 1. The highest BCUT2D eigenvalue weighted by atomic mass is 32.2. The molecule has 0 aliphatic carbocycles. The maximum Gasteiger partial charge on any atom is 0.352 e. The van der Waals surface area contributed by atoms with Crippen molar-refractivity contribution in [1.29, 1.82) is 0 Å². The molecular weight excluding hydrogens is 807 g/mol. The van der Waals surface area contributed by atoms with E-state index in [9.17, 15) is 44.7 Å². The number of nitrogens with two attached hydrogens (primary N) is 1. The van der Waals surface area contributed by atoms with Crippen LogP contribution in [0.25, 0.3) is 5.78 Å². The number of thioether (sulfide) groups is 2. The third-order valence-electron chi connectivity index (χ3n) is 8.33. The van der Waals surface area contributed by atoms with Crippen molar-refractivity contribution in [3.8, 4) is 23.0 Å². The zero-order valence-corrected chi connectivity index (χ0v) is 31.7. The number of benzene rings is 2. The fourth-order valence-corrected chi connectivity index (χ4v) is 8.70. The van der Waals surface area contributed by atoms with E-state index in [0.29, 0.717) is 21.9 Å². The van der Waals surface area contributed by atoms with E-state index in [1.807, 2.05) is 0 Å². The number of β-lactam (4-membered cyclic amide) rings is 1. The molecule has 7 rings (SSSR count). The number of esters is 1. The Hall–Kier alpha value is -6.59. The van der Waals surface area contributed by atoms with Gasteiger partial charge in [-0.25, -0.2) is 19.6 Å². The van der Waals surface area contributed by atoms with E-state index in [2.05, 4.69) is 30.5 Å². The first kappa shape index (κ1) is 38.7. The van der Waals surface area contributed by atoms with Crippen LogP contribution < -0.4 is 11.1 Å². The molecular formula is C34H29N9O11S3. The number of amides is 2. The molecule has 0 saturated carbocycles. The number of anilines is 1. The van der Waals surface area contributed by atoms with Gasteiger partial charge in [-0.05, 0) is 54.5 Å². The predicted octanol–water partition coefficient (Wildman–Crippen LogP) is 2.10. The number of aromatic hydroxyl groups is 4. The number of ether oxygens (including phenoxy) is 1. The second-order valence-electron chi connectivity index (χ2n) is 12.3. The standard InChI is InChI=1S/C34H29N9O11S3/c1-14-6-24(43-34(36-14)38-23(40-43)10-53-32(52)16-3-5-20(45)22(47)8-16)55-11-17-12-56-30-26(29(49)42(30)27(17)31(50)51)39-28(48)25(18-13-57-33(35)37-18)41-54-9-15-2-4-19(44)21(46)7-15/h2-8,13,26,30,44-47H,9-12H2,1H3,(H2,35,37)(H,39,48)(H,50,51)/b41-25-/t26-,30-/m1/s1. The van der Waals surface area contributed by atoms with Crippen LogP contribution in [0.2, 0.25) is 0 Å². The van der Waals surface area contributed by atoms with E-state index >= 15 is 0 Å². The van der Waals surface area contributed by atoms with Crippen molar-refractivity contribution in [3.05, 3.63) is 87.5 Å². The van der Waals surface area contributed by atoms with Crippen molar-refractivity contribution in [1.82, 2.24) is 34.8 Å². The number of nitrogens with one attached hydrogen (secondary N) is 1. The number of aliphatic carboxylic acids is 1. The number of phenols is 4. The number of thiazole rings is 1. The van der Waals surface area contributed by atoms with Crippen LogP contribution in [-0.2, 0) is 37.2 Å². The molecule has 5 aromatic rings. The van der Waals surface area contributed by atoms with Crippen LogP contribution in [0.1, 0.15) is 33.1 Å². The molecule has 0 spiro atoms. The summed E-state index contributed by atoms with van der Waals surface area (Å²) >= 11 is 3.54. The van der Waals surface area contributed by atoms with Crippen molar-refractivity contribution in [2.75, 3.05) is 17.2 Å². The first-order valence-electron chi connectivity index (χ1n) is 16.5. The lowest BCUT2D eigenvalue weighted by molar-refractivity contribution is -0.150. The van der Waals surface area contributed by atoms with Gasteiger partial charge in [0.2, 0.25) is 0 Å². The Labute approximate surface area is 332 Å². The Morgan fingerprint density at radius 1 is 1.02 bits per heavy atom. The molecule has 5 heterocycles. The highest BCUT2D eigenvalue weighted by Gasteiger charge is 2.54. The zero-order valence-electron chi connectivity index (χ0n) is 29.2. The van der Waals surface area contributed by atoms with Gasteiger partial charge in [-0.15, -0.1) is 40.0 Å². The molecule has 20 nitrogen and oxygen atoms in total. The highest BCUT2D eigenvalue weighted by Crippen LogP contribution is 2.42. The molecule has 3 aromatic heterocycles. The predicted molar refractivity (Wildman–Crippen MR) is 202 cm³/mol.